The van der Waals surface area contributed by atoms with Gasteiger partial charge in [-0.15, -0.1) is 0 Å². The largest absolute Gasteiger partial charge is 0.480 e. The fourth-order valence-corrected chi connectivity index (χ4v) is 1.72. The Balaban J connectivity index is 2.59. The third-order valence-electron chi connectivity index (χ3n) is 2.91. The molecular weight excluding hydrogens is 254 g/mol. The third-order valence-corrected chi connectivity index (χ3v) is 2.91. The highest BCUT2D eigenvalue weighted by atomic mass is 16.4. The van der Waals surface area contributed by atoms with Crippen LogP contribution in [0.5, 0.6) is 0 Å². The molecule has 1 unspecified atom stereocenters. The minimum absolute atomic E-state index is 0.109. The van der Waals surface area contributed by atoms with Gasteiger partial charge in [0, 0.05) is 7.05 Å². The first-order valence-corrected chi connectivity index (χ1v) is 5.84. The quantitative estimate of drug-likeness (QED) is 0.576. The molecule has 1 aliphatic heterocycles. The van der Waals surface area contributed by atoms with E-state index >= 15 is 0 Å². The molecule has 0 bridgehead atoms. The van der Waals surface area contributed by atoms with Crippen LogP contribution >= 0.6 is 0 Å². The van der Waals surface area contributed by atoms with Crippen molar-refractivity contribution in [3.05, 3.63) is 0 Å². The molecule has 0 saturated carbocycles. The van der Waals surface area contributed by atoms with Gasteiger partial charge < -0.3 is 15.7 Å². The molecule has 3 N–H and O–H groups in total. The number of likely N-dealkylation sites (tertiary alicyclic amines) is 1. The monoisotopic (exact) mass is 271 g/mol. The summed E-state index contributed by atoms with van der Waals surface area (Å²) >= 11 is 0. The van der Waals surface area contributed by atoms with Crippen LogP contribution in [0.25, 0.3) is 0 Å². The van der Waals surface area contributed by atoms with Crippen LogP contribution < -0.4 is 10.6 Å². The normalized spacial score (nSPS) is 20.6. The van der Waals surface area contributed by atoms with E-state index in [-0.39, 0.29) is 18.2 Å². The smallest absolute Gasteiger partial charge is 0.326 e. The first kappa shape index (κ1) is 14.9. The van der Waals surface area contributed by atoms with Gasteiger partial charge in [0.05, 0.1) is 6.42 Å². The lowest BCUT2D eigenvalue weighted by molar-refractivity contribution is -0.140. The molecule has 19 heavy (non-hydrogen) atoms. The molecule has 0 aliphatic carbocycles. The number of carboxylic acids is 1. The summed E-state index contributed by atoms with van der Waals surface area (Å²) in [4.78, 5) is 46.3. The Morgan fingerprint density at radius 1 is 1.37 bits per heavy atom. The number of urea groups is 1. The molecule has 1 rings (SSSR count). The van der Waals surface area contributed by atoms with Crippen molar-refractivity contribution in [2.24, 2.45) is 5.92 Å². The lowest BCUT2D eigenvalue weighted by Gasteiger charge is -2.19. The summed E-state index contributed by atoms with van der Waals surface area (Å²) in [5.41, 5.74) is 0. The topological polar surface area (TPSA) is 116 Å². The van der Waals surface area contributed by atoms with Crippen LogP contribution in [0.15, 0.2) is 0 Å². The Labute approximate surface area is 110 Å². The van der Waals surface area contributed by atoms with E-state index in [4.69, 9.17) is 5.11 Å². The molecule has 4 amide bonds. The van der Waals surface area contributed by atoms with Gasteiger partial charge in [0.2, 0.25) is 5.91 Å². The van der Waals surface area contributed by atoms with E-state index in [9.17, 15) is 19.2 Å². The number of carboxylic acid groups (broad SMARTS) is 1. The summed E-state index contributed by atoms with van der Waals surface area (Å²) in [6.07, 6.45) is -0.109. The summed E-state index contributed by atoms with van der Waals surface area (Å²) in [6, 6.07) is -2.76. The van der Waals surface area contributed by atoms with Crippen LogP contribution in [0.4, 0.5) is 4.79 Å². The maximum Gasteiger partial charge on any atom is 0.326 e. The Morgan fingerprint density at radius 2 is 1.95 bits per heavy atom. The van der Waals surface area contributed by atoms with Gasteiger partial charge in [-0.25, -0.2) is 9.59 Å². The Hall–Kier alpha value is -2.12. The fraction of sp³-hybridized carbons (Fsp3) is 0.636. The van der Waals surface area contributed by atoms with Crippen molar-refractivity contribution >= 4 is 23.8 Å². The highest BCUT2D eigenvalue weighted by molar-refractivity contribution is 6.06. The van der Waals surface area contributed by atoms with Crippen molar-refractivity contribution in [3.8, 4) is 0 Å². The molecule has 0 aromatic heterocycles. The maximum absolute atomic E-state index is 11.6. The van der Waals surface area contributed by atoms with Crippen molar-refractivity contribution in [2.45, 2.75) is 32.4 Å². The number of nitrogens with one attached hydrogen (secondary N) is 2. The van der Waals surface area contributed by atoms with E-state index in [0.29, 0.717) is 0 Å². The zero-order chi connectivity index (χ0) is 14.7. The summed E-state index contributed by atoms with van der Waals surface area (Å²) in [7, 11) is 1.33. The van der Waals surface area contributed by atoms with Crippen molar-refractivity contribution in [1.82, 2.24) is 15.5 Å². The number of carbonyl (C=O) groups excluding carboxylic acids is 3. The number of rotatable bonds is 4. The minimum Gasteiger partial charge on any atom is -0.480 e. The van der Waals surface area contributed by atoms with E-state index in [1.807, 2.05) is 0 Å². The van der Waals surface area contributed by atoms with Crippen LogP contribution in [0, 0.1) is 5.92 Å². The average Bonchev–Trinajstić information content (AvgIpc) is 2.53. The molecule has 0 aromatic rings. The van der Waals surface area contributed by atoms with Gasteiger partial charge in [-0.05, 0) is 5.92 Å². The second-order valence-electron chi connectivity index (χ2n) is 4.73. The summed E-state index contributed by atoms with van der Waals surface area (Å²) < 4.78 is 0. The van der Waals surface area contributed by atoms with Crippen molar-refractivity contribution in [2.75, 3.05) is 7.05 Å². The molecule has 0 radical (unpaired) electrons. The number of likely N-dealkylation sites (N-methyl/N-ethyl adjacent to an activating group) is 1. The van der Waals surface area contributed by atoms with Gasteiger partial charge in [-0.1, -0.05) is 13.8 Å². The van der Waals surface area contributed by atoms with Gasteiger partial charge in [-0.2, -0.15) is 0 Å². The van der Waals surface area contributed by atoms with E-state index in [2.05, 4.69) is 10.6 Å². The zero-order valence-corrected chi connectivity index (χ0v) is 11.0. The van der Waals surface area contributed by atoms with Crippen LogP contribution in [0.1, 0.15) is 20.3 Å². The number of nitrogens with zero attached hydrogens (tertiary/aromatic N) is 1. The molecule has 8 heteroatoms. The van der Waals surface area contributed by atoms with E-state index in [0.717, 1.165) is 4.90 Å². The number of imide groups is 1. The van der Waals surface area contributed by atoms with Crippen LogP contribution in [0.3, 0.4) is 0 Å². The summed E-state index contributed by atoms with van der Waals surface area (Å²) in [5.74, 6) is -2.34. The molecule has 1 aliphatic rings. The molecule has 0 spiro atoms. The van der Waals surface area contributed by atoms with Gasteiger partial charge >= 0.3 is 12.0 Å². The van der Waals surface area contributed by atoms with Crippen molar-refractivity contribution in [3.63, 3.8) is 0 Å². The fourth-order valence-electron chi connectivity index (χ4n) is 1.72. The highest BCUT2D eigenvalue weighted by Gasteiger charge is 2.37. The van der Waals surface area contributed by atoms with Gasteiger partial charge in [-0.3, -0.25) is 14.5 Å². The number of aliphatic carboxylic acids is 1. The lowest BCUT2D eigenvalue weighted by atomic mass is 10.1. The van der Waals surface area contributed by atoms with Crippen molar-refractivity contribution < 1.29 is 24.3 Å². The first-order valence-electron chi connectivity index (χ1n) is 5.84. The van der Waals surface area contributed by atoms with E-state index < -0.39 is 30.0 Å². The summed E-state index contributed by atoms with van der Waals surface area (Å²) in [6.45, 7) is 3.30. The second kappa shape index (κ2) is 5.68. The SMILES string of the molecule is CC(C)[C@H](NC(=O)NC1CC(=O)N(C)C1=O)C(=O)O. The standard InChI is InChI=1S/C11H17N3O5/c1-5(2)8(10(17)18)13-11(19)12-6-4-7(15)14(3)9(6)16/h5-6,8H,4H2,1-3H3,(H,17,18)(H2,12,13,19)/t6?,8-/m0/s1. The maximum atomic E-state index is 11.6. The molecule has 0 aromatic carbocycles. The first-order chi connectivity index (χ1) is 8.73. The second-order valence-corrected chi connectivity index (χ2v) is 4.73. The van der Waals surface area contributed by atoms with Gasteiger partial charge in [0.1, 0.15) is 12.1 Å². The molecule has 8 nitrogen and oxygen atoms in total. The molecule has 2 atom stereocenters. The lowest BCUT2D eigenvalue weighted by Crippen LogP contribution is -2.52. The molecule has 1 heterocycles. The zero-order valence-electron chi connectivity index (χ0n) is 11.0. The van der Waals surface area contributed by atoms with Crippen LogP contribution in [0.2, 0.25) is 0 Å². The third kappa shape index (κ3) is 3.43. The summed E-state index contributed by atoms with van der Waals surface area (Å²) in [5, 5.41) is 13.5. The van der Waals surface area contributed by atoms with Crippen LogP contribution in [-0.2, 0) is 14.4 Å². The van der Waals surface area contributed by atoms with E-state index in [1.54, 1.807) is 13.8 Å². The minimum atomic E-state index is -1.16. The van der Waals surface area contributed by atoms with Gasteiger partial charge in [0.25, 0.3) is 5.91 Å². The molecule has 1 fully saturated rings. The van der Waals surface area contributed by atoms with Gasteiger partial charge in [0.15, 0.2) is 0 Å². The number of hydrogen-bond acceptors (Lipinski definition) is 4. The Kier molecular flexibility index (Phi) is 4.47. The molecule has 1 saturated heterocycles. The number of amides is 4. The highest BCUT2D eigenvalue weighted by Crippen LogP contribution is 2.10. The predicted octanol–water partition coefficient (Wildman–Crippen LogP) is -0.848. The van der Waals surface area contributed by atoms with E-state index in [1.165, 1.54) is 7.05 Å². The van der Waals surface area contributed by atoms with Crippen molar-refractivity contribution in [1.29, 1.82) is 0 Å². The molecular formula is C11H17N3O5. The molecule has 106 valence electrons. The number of hydrogen-bond donors (Lipinski definition) is 3. The Bertz CT molecular complexity index is 421. The Morgan fingerprint density at radius 3 is 2.32 bits per heavy atom. The predicted molar refractivity (Wildman–Crippen MR) is 64.1 cm³/mol. The average molecular weight is 271 g/mol. The number of carbonyl (C=O) groups is 4. The van der Waals surface area contributed by atoms with Crippen LogP contribution in [-0.4, -0.2) is 53.0 Å².